The number of carbonyl (C=O) groups is 1. The van der Waals surface area contributed by atoms with Crippen molar-refractivity contribution >= 4 is 5.97 Å². The molecule has 5 heteroatoms. The lowest BCUT2D eigenvalue weighted by Crippen LogP contribution is -2.62. The zero-order valence-corrected chi connectivity index (χ0v) is 18.2. The summed E-state index contributed by atoms with van der Waals surface area (Å²) in [6, 6.07) is 0. The lowest BCUT2D eigenvalue weighted by Gasteiger charge is -2.63. The van der Waals surface area contributed by atoms with E-state index < -0.39 is 12.1 Å². The van der Waals surface area contributed by atoms with E-state index in [1.807, 2.05) is 0 Å². The summed E-state index contributed by atoms with van der Waals surface area (Å²) in [7, 11) is 0. The molecule has 11 atom stereocenters. The molecule has 4 aliphatic carbocycles. The zero-order chi connectivity index (χ0) is 21.1. The molecule has 4 fully saturated rings. The molecule has 0 bridgehead atoms. The van der Waals surface area contributed by atoms with Gasteiger partial charge >= 0.3 is 0 Å². The van der Waals surface area contributed by atoms with Crippen molar-refractivity contribution in [2.75, 3.05) is 0 Å². The molecule has 3 N–H and O–H groups in total. The minimum absolute atomic E-state index is 0.0747. The number of aliphatic carboxylic acids is 1. The highest BCUT2D eigenvalue weighted by Crippen LogP contribution is 2.68. The van der Waals surface area contributed by atoms with Crippen molar-refractivity contribution in [3.63, 3.8) is 0 Å². The fourth-order valence-electron chi connectivity index (χ4n) is 8.68. The Kier molecular flexibility index (Phi) is 5.57. The van der Waals surface area contributed by atoms with Crippen molar-refractivity contribution in [1.29, 1.82) is 0 Å². The number of aliphatic hydroxyl groups excluding tert-OH is 3. The highest BCUT2D eigenvalue weighted by Gasteiger charge is 2.65. The average molecular weight is 408 g/mol. The molecule has 0 spiro atoms. The molecule has 29 heavy (non-hydrogen) atoms. The number of carboxylic acids is 1. The number of fused-ring (bicyclic) bond motifs is 5. The predicted molar refractivity (Wildman–Crippen MR) is 107 cm³/mol. The minimum Gasteiger partial charge on any atom is -0.550 e. The smallest absolute Gasteiger partial charge is 0.0602 e. The first-order chi connectivity index (χ1) is 13.6. The van der Waals surface area contributed by atoms with E-state index in [1.54, 1.807) is 0 Å². The van der Waals surface area contributed by atoms with Crippen LogP contribution in [0.1, 0.15) is 78.6 Å². The van der Waals surface area contributed by atoms with Gasteiger partial charge in [0.15, 0.2) is 0 Å². The number of carbonyl (C=O) groups excluding carboxylic acids is 1. The van der Waals surface area contributed by atoms with Crippen LogP contribution in [0.4, 0.5) is 0 Å². The molecule has 0 amide bonds. The van der Waals surface area contributed by atoms with Crippen molar-refractivity contribution in [3.8, 4) is 0 Å². The van der Waals surface area contributed by atoms with Crippen molar-refractivity contribution in [2.45, 2.75) is 96.9 Å². The summed E-state index contributed by atoms with van der Waals surface area (Å²) in [5, 5.41) is 43.9. The van der Waals surface area contributed by atoms with Crippen molar-refractivity contribution < 1.29 is 25.2 Å². The van der Waals surface area contributed by atoms with Gasteiger partial charge in [0, 0.05) is 5.97 Å². The van der Waals surface area contributed by atoms with Gasteiger partial charge in [-0.15, -0.1) is 0 Å². The third-order valence-corrected chi connectivity index (χ3v) is 10.3. The van der Waals surface area contributed by atoms with E-state index in [4.69, 9.17) is 0 Å². The van der Waals surface area contributed by atoms with Gasteiger partial charge in [-0.2, -0.15) is 0 Å². The number of aliphatic hydroxyl groups is 3. The number of rotatable bonds is 4. The highest BCUT2D eigenvalue weighted by atomic mass is 16.4. The van der Waals surface area contributed by atoms with Crippen LogP contribution in [0.25, 0.3) is 0 Å². The van der Waals surface area contributed by atoms with E-state index in [1.165, 1.54) is 0 Å². The van der Waals surface area contributed by atoms with E-state index in [0.717, 1.165) is 44.9 Å². The van der Waals surface area contributed by atoms with E-state index in [-0.39, 0.29) is 53.1 Å². The fraction of sp³-hybridized carbons (Fsp3) is 0.958. The van der Waals surface area contributed by atoms with Crippen molar-refractivity contribution in [3.05, 3.63) is 0 Å². The van der Waals surface area contributed by atoms with E-state index >= 15 is 0 Å². The Hall–Kier alpha value is -0.650. The van der Waals surface area contributed by atoms with Gasteiger partial charge < -0.3 is 25.2 Å². The molecule has 5 nitrogen and oxygen atoms in total. The summed E-state index contributed by atoms with van der Waals surface area (Å²) in [5.74, 6) is 0.635. The second kappa shape index (κ2) is 7.49. The molecule has 0 aromatic heterocycles. The molecule has 0 heterocycles. The second-order valence-corrected chi connectivity index (χ2v) is 11.4. The van der Waals surface area contributed by atoms with Crippen LogP contribution in [0.5, 0.6) is 0 Å². The molecular formula is C24H39O5-. The Morgan fingerprint density at radius 3 is 2.48 bits per heavy atom. The summed E-state index contributed by atoms with van der Waals surface area (Å²) in [4.78, 5) is 11.0. The normalized spacial score (nSPS) is 52.9. The summed E-state index contributed by atoms with van der Waals surface area (Å²) in [6.45, 7) is 6.67. The quantitative estimate of drug-likeness (QED) is 0.663. The van der Waals surface area contributed by atoms with Crippen LogP contribution in [0.15, 0.2) is 0 Å². The highest BCUT2D eigenvalue weighted by molar-refractivity contribution is 5.64. The molecular weight excluding hydrogens is 368 g/mol. The van der Waals surface area contributed by atoms with Gasteiger partial charge in [-0.05, 0) is 104 Å². The zero-order valence-electron chi connectivity index (χ0n) is 18.2. The maximum atomic E-state index is 11.5. The SMILES string of the molecule is C[C@H](CCC(=O)[O-])[C@H]1CCC2C3C(C[C@H](O)[C@@]21C)[C@@]1(C)CC[C@@H](O)C[C@H]1C[C@H]3O. The summed E-state index contributed by atoms with van der Waals surface area (Å²) < 4.78 is 0. The predicted octanol–water partition coefficient (Wildman–Crippen LogP) is 2.11. The first-order valence-corrected chi connectivity index (χ1v) is 11.8. The number of carboxylic acid groups (broad SMARTS) is 1. The van der Waals surface area contributed by atoms with Gasteiger partial charge in [-0.3, -0.25) is 0 Å². The first-order valence-electron chi connectivity index (χ1n) is 11.8. The lowest BCUT2D eigenvalue weighted by atomic mass is 9.43. The van der Waals surface area contributed by atoms with Crippen LogP contribution in [-0.4, -0.2) is 39.6 Å². The van der Waals surface area contributed by atoms with E-state index in [0.29, 0.717) is 18.3 Å². The van der Waals surface area contributed by atoms with E-state index in [9.17, 15) is 25.2 Å². The van der Waals surface area contributed by atoms with Crippen LogP contribution >= 0.6 is 0 Å². The van der Waals surface area contributed by atoms with Gasteiger partial charge in [-0.1, -0.05) is 20.8 Å². The van der Waals surface area contributed by atoms with Gasteiger partial charge in [0.2, 0.25) is 0 Å². The molecule has 166 valence electrons. The molecule has 4 rings (SSSR count). The second-order valence-electron chi connectivity index (χ2n) is 11.4. The van der Waals surface area contributed by atoms with Crippen LogP contribution < -0.4 is 5.11 Å². The summed E-state index contributed by atoms with van der Waals surface area (Å²) in [6.07, 6.45) is 5.72. The van der Waals surface area contributed by atoms with Gasteiger partial charge in [0.1, 0.15) is 0 Å². The molecule has 4 aliphatic rings. The molecule has 4 saturated carbocycles. The minimum atomic E-state index is -0.998. The summed E-state index contributed by atoms with van der Waals surface area (Å²) >= 11 is 0. The largest absolute Gasteiger partial charge is 0.550 e. The Labute approximate surface area is 174 Å². The maximum absolute atomic E-state index is 11.5. The molecule has 0 aromatic rings. The Balaban J connectivity index is 1.61. The van der Waals surface area contributed by atoms with Crippen LogP contribution in [0.3, 0.4) is 0 Å². The Morgan fingerprint density at radius 1 is 1.07 bits per heavy atom. The monoisotopic (exact) mass is 407 g/mol. The van der Waals surface area contributed by atoms with Crippen molar-refractivity contribution in [2.24, 2.45) is 46.3 Å². The maximum Gasteiger partial charge on any atom is 0.0602 e. The molecule has 3 unspecified atom stereocenters. The van der Waals surface area contributed by atoms with E-state index in [2.05, 4.69) is 20.8 Å². The topological polar surface area (TPSA) is 101 Å². The lowest BCUT2D eigenvalue weighted by molar-refractivity contribution is -0.306. The van der Waals surface area contributed by atoms with Crippen molar-refractivity contribution in [1.82, 2.24) is 0 Å². The fourth-order valence-corrected chi connectivity index (χ4v) is 8.68. The molecule has 0 radical (unpaired) electrons. The average Bonchev–Trinajstić information content (AvgIpc) is 3.01. The third kappa shape index (κ3) is 3.27. The molecule has 0 saturated heterocycles. The van der Waals surface area contributed by atoms with Crippen LogP contribution in [-0.2, 0) is 4.79 Å². The Morgan fingerprint density at radius 2 is 1.79 bits per heavy atom. The molecule has 0 aliphatic heterocycles. The standard InChI is InChI=1S/C24H40O5/c1-13(4-7-21(28)29)16-5-6-17-22-18(12-20(27)24(16,17)3)23(2)9-8-15(25)10-14(23)11-19(22)26/h13-20,22,25-27H,4-12H2,1-3H3,(H,28,29)/p-1/t13-,14+,15-,16-,17?,18?,19-,20+,22?,23+,24-/m1/s1. The van der Waals surface area contributed by atoms with Gasteiger partial charge in [0.25, 0.3) is 0 Å². The number of hydrogen-bond acceptors (Lipinski definition) is 5. The number of hydrogen-bond donors (Lipinski definition) is 3. The third-order valence-electron chi connectivity index (χ3n) is 10.3. The Bertz CT molecular complexity index is 637. The first kappa shape index (κ1) is 21.6. The molecule has 0 aromatic carbocycles. The van der Waals surface area contributed by atoms with Gasteiger partial charge in [-0.25, -0.2) is 0 Å². The van der Waals surface area contributed by atoms with Crippen LogP contribution in [0.2, 0.25) is 0 Å². The summed E-state index contributed by atoms with van der Waals surface area (Å²) in [5.41, 5.74) is -0.172. The van der Waals surface area contributed by atoms with Crippen LogP contribution in [0, 0.1) is 46.3 Å². The van der Waals surface area contributed by atoms with Gasteiger partial charge in [0.05, 0.1) is 18.3 Å².